The van der Waals surface area contributed by atoms with Crippen LogP contribution in [0.1, 0.15) is 27.3 Å². The third kappa shape index (κ3) is 3.00. The maximum Gasteiger partial charge on any atom is 0.123 e. The van der Waals surface area contributed by atoms with Gasteiger partial charge in [-0.05, 0) is 49.1 Å². The van der Waals surface area contributed by atoms with Crippen LogP contribution in [0.25, 0.3) is 0 Å². The molecule has 1 aromatic heterocycles. The van der Waals surface area contributed by atoms with Crippen molar-refractivity contribution in [3.8, 4) is 5.75 Å². The minimum Gasteiger partial charge on any atom is -0.496 e. The summed E-state index contributed by atoms with van der Waals surface area (Å²) < 4.78 is 5.36. The maximum atomic E-state index is 6.04. The lowest BCUT2D eigenvalue weighted by atomic mass is 10.2. The number of ether oxygens (including phenoxy) is 1. The van der Waals surface area contributed by atoms with E-state index in [1.54, 1.807) is 17.6 Å². The number of benzene rings is 1. The molecule has 0 saturated carbocycles. The molecule has 4 heteroatoms. The van der Waals surface area contributed by atoms with Crippen molar-refractivity contribution in [1.29, 1.82) is 0 Å². The van der Waals surface area contributed by atoms with Crippen molar-refractivity contribution >= 4 is 22.9 Å². The molecule has 0 saturated heterocycles. The molecule has 2 aromatic rings. The van der Waals surface area contributed by atoms with Crippen LogP contribution >= 0.6 is 22.9 Å². The summed E-state index contributed by atoms with van der Waals surface area (Å²) in [5.74, 6) is 0.885. The first-order chi connectivity index (χ1) is 9.76. The van der Waals surface area contributed by atoms with Gasteiger partial charge in [-0.15, -0.1) is 11.3 Å². The molecule has 0 amide bonds. The monoisotopic (exact) mass is 307 g/mol. The first kappa shape index (κ1) is 13.9. The number of rotatable bonds is 5. The van der Waals surface area contributed by atoms with Crippen molar-refractivity contribution in [3.05, 3.63) is 50.2 Å². The van der Waals surface area contributed by atoms with Crippen LogP contribution in [0.15, 0.2) is 24.3 Å². The van der Waals surface area contributed by atoms with Gasteiger partial charge in [0.2, 0.25) is 0 Å². The maximum absolute atomic E-state index is 6.04. The van der Waals surface area contributed by atoms with E-state index in [4.69, 9.17) is 16.3 Å². The highest BCUT2D eigenvalue weighted by molar-refractivity contribution is 7.12. The van der Waals surface area contributed by atoms with E-state index in [2.05, 4.69) is 11.4 Å². The van der Waals surface area contributed by atoms with E-state index < -0.39 is 0 Å². The molecule has 3 rings (SSSR count). The number of hydrogen-bond acceptors (Lipinski definition) is 3. The third-order valence-electron chi connectivity index (χ3n) is 3.65. The van der Waals surface area contributed by atoms with Crippen LogP contribution in [0.5, 0.6) is 5.75 Å². The van der Waals surface area contributed by atoms with E-state index in [1.807, 2.05) is 29.5 Å². The summed E-state index contributed by atoms with van der Waals surface area (Å²) in [6.45, 7) is 1.68. The molecule has 1 aliphatic carbocycles. The summed E-state index contributed by atoms with van der Waals surface area (Å²) in [5.41, 5.74) is 2.66. The number of methoxy groups -OCH3 is 1. The molecule has 1 N–H and O–H groups in total. The second-order valence-electron chi connectivity index (χ2n) is 5.07. The topological polar surface area (TPSA) is 21.3 Å². The number of aryl methyl sites for hydroxylation is 2. The smallest absolute Gasteiger partial charge is 0.123 e. The third-order valence-corrected chi connectivity index (χ3v) is 5.13. The summed E-state index contributed by atoms with van der Waals surface area (Å²) in [6, 6.07) is 8.09. The van der Waals surface area contributed by atoms with Gasteiger partial charge in [0, 0.05) is 33.4 Å². The number of nitrogens with one attached hydrogen (secondary N) is 1. The zero-order valence-corrected chi connectivity index (χ0v) is 13.1. The molecule has 2 nitrogen and oxygen atoms in total. The van der Waals surface area contributed by atoms with Crippen molar-refractivity contribution in [2.45, 2.75) is 32.4 Å². The fourth-order valence-corrected chi connectivity index (χ4v) is 4.11. The van der Waals surface area contributed by atoms with Gasteiger partial charge in [-0.1, -0.05) is 11.6 Å². The quantitative estimate of drug-likeness (QED) is 0.894. The fourth-order valence-electron chi connectivity index (χ4n) is 2.68. The van der Waals surface area contributed by atoms with Crippen molar-refractivity contribution < 1.29 is 4.74 Å². The number of halogens is 1. The molecule has 1 aromatic carbocycles. The highest BCUT2D eigenvalue weighted by atomic mass is 35.5. The predicted octanol–water partition coefficient (Wildman–Crippen LogP) is 4.19. The van der Waals surface area contributed by atoms with E-state index in [0.29, 0.717) is 0 Å². The largest absolute Gasteiger partial charge is 0.496 e. The van der Waals surface area contributed by atoms with E-state index in [9.17, 15) is 0 Å². The second kappa shape index (κ2) is 6.17. The normalized spacial score (nSPS) is 13.5. The zero-order valence-electron chi connectivity index (χ0n) is 11.5. The van der Waals surface area contributed by atoms with Crippen LogP contribution in [0, 0.1) is 0 Å². The lowest BCUT2D eigenvalue weighted by Crippen LogP contribution is -2.12. The zero-order chi connectivity index (χ0) is 13.9. The Hall–Kier alpha value is -1.03. The van der Waals surface area contributed by atoms with Gasteiger partial charge in [-0.25, -0.2) is 0 Å². The van der Waals surface area contributed by atoms with Crippen molar-refractivity contribution in [2.75, 3.05) is 7.11 Å². The molecule has 106 valence electrons. The van der Waals surface area contributed by atoms with E-state index >= 15 is 0 Å². The Bertz CT molecular complexity index is 587. The first-order valence-electron chi connectivity index (χ1n) is 6.90. The lowest BCUT2D eigenvalue weighted by molar-refractivity contribution is 0.407. The fraction of sp³-hybridized carbons (Fsp3) is 0.375. The molecule has 1 heterocycles. The average Bonchev–Trinajstić information content (AvgIpc) is 3.00. The van der Waals surface area contributed by atoms with Gasteiger partial charge in [0.05, 0.1) is 7.11 Å². The molecule has 0 spiro atoms. The Morgan fingerprint density at radius 2 is 2.15 bits per heavy atom. The van der Waals surface area contributed by atoms with Crippen LogP contribution < -0.4 is 10.1 Å². The van der Waals surface area contributed by atoms with E-state index in [-0.39, 0.29) is 0 Å². The molecule has 0 fully saturated rings. The number of hydrogen-bond donors (Lipinski definition) is 1. The predicted molar refractivity (Wildman–Crippen MR) is 84.9 cm³/mol. The van der Waals surface area contributed by atoms with Crippen molar-refractivity contribution in [2.24, 2.45) is 0 Å². The van der Waals surface area contributed by atoms with Gasteiger partial charge in [0.15, 0.2) is 0 Å². The van der Waals surface area contributed by atoms with Crippen LogP contribution in [-0.2, 0) is 25.9 Å². The summed E-state index contributed by atoms with van der Waals surface area (Å²) in [5, 5.41) is 4.23. The molecule has 0 atom stereocenters. The molecule has 0 bridgehead atoms. The first-order valence-corrected chi connectivity index (χ1v) is 8.09. The summed E-state index contributed by atoms with van der Waals surface area (Å²) in [7, 11) is 1.69. The van der Waals surface area contributed by atoms with Crippen LogP contribution in [0.3, 0.4) is 0 Å². The Morgan fingerprint density at radius 3 is 2.95 bits per heavy atom. The Labute approximate surface area is 128 Å². The Balaban J connectivity index is 1.60. The van der Waals surface area contributed by atoms with Gasteiger partial charge < -0.3 is 10.1 Å². The van der Waals surface area contributed by atoms with Crippen molar-refractivity contribution in [1.82, 2.24) is 5.32 Å². The molecule has 20 heavy (non-hydrogen) atoms. The molecule has 0 aliphatic heterocycles. The number of fused-ring (bicyclic) bond motifs is 1. The minimum atomic E-state index is 0.748. The van der Waals surface area contributed by atoms with Gasteiger partial charge in [0.25, 0.3) is 0 Å². The van der Waals surface area contributed by atoms with Gasteiger partial charge in [-0.3, -0.25) is 0 Å². The SMILES string of the molecule is COc1ccc(Cl)cc1CNCc1cc2c(s1)CCC2. The minimum absolute atomic E-state index is 0.748. The number of thiophene rings is 1. The van der Waals surface area contributed by atoms with Gasteiger partial charge in [0.1, 0.15) is 5.75 Å². The van der Waals surface area contributed by atoms with Gasteiger partial charge >= 0.3 is 0 Å². The molecular formula is C16H18ClNOS. The molecule has 0 radical (unpaired) electrons. The van der Waals surface area contributed by atoms with Crippen LogP contribution in [0.2, 0.25) is 5.02 Å². The van der Waals surface area contributed by atoms with E-state index in [0.717, 1.165) is 29.4 Å². The van der Waals surface area contributed by atoms with Gasteiger partial charge in [-0.2, -0.15) is 0 Å². The Kier molecular flexibility index (Phi) is 4.29. The van der Waals surface area contributed by atoms with Crippen LogP contribution in [-0.4, -0.2) is 7.11 Å². The Morgan fingerprint density at radius 1 is 1.25 bits per heavy atom. The highest BCUT2D eigenvalue weighted by Crippen LogP contribution is 2.30. The second-order valence-corrected chi connectivity index (χ2v) is 6.73. The van der Waals surface area contributed by atoms with Crippen LogP contribution in [0.4, 0.5) is 0 Å². The summed E-state index contributed by atoms with van der Waals surface area (Å²) in [6.07, 6.45) is 3.85. The average molecular weight is 308 g/mol. The van der Waals surface area contributed by atoms with E-state index in [1.165, 1.54) is 24.1 Å². The highest BCUT2D eigenvalue weighted by Gasteiger charge is 2.14. The van der Waals surface area contributed by atoms with Crippen molar-refractivity contribution in [3.63, 3.8) is 0 Å². The summed E-state index contributed by atoms with van der Waals surface area (Å²) in [4.78, 5) is 3.01. The molecule has 0 unspecified atom stereocenters. The lowest BCUT2D eigenvalue weighted by Gasteiger charge is -2.09. The summed E-state index contributed by atoms with van der Waals surface area (Å²) >= 11 is 7.99. The molecular weight excluding hydrogens is 290 g/mol. The molecule has 1 aliphatic rings. The standard InChI is InChI=1S/C16H18ClNOS/c1-19-15-6-5-13(17)7-12(15)9-18-10-14-8-11-3-2-4-16(11)20-14/h5-8,18H,2-4,9-10H2,1H3.